The summed E-state index contributed by atoms with van der Waals surface area (Å²) in [5, 5.41) is 11.9. The van der Waals surface area contributed by atoms with E-state index in [1.165, 1.54) is 0 Å². The molecule has 1 aromatic rings. The summed E-state index contributed by atoms with van der Waals surface area (Å²) in [6.45, 7) is 0. The van der Waals surface area contributed by atoms with Crippen molar-refractivity contribution < 1.29 is 0 Å². The van der Waals surface area contributed by atoms with Gasteiger partial charge in [0, 0.05) is 4.90 Å². The van der Waals surface area contributed by atoms with Crippen molar-refractivity contribution in [3.63, 3.8) is 0 Å². The van der Waals surface area contributed by atoms with E-state index in [1.807, 2.05) is 36.6 Å². The highest BCUT2D eigenvalue weighted by Gasteiger charge is 1.96. The minimum atomic E-state index is 0.918. The van der Waals surface area contributed by atoms with Crippen LogP contribution in [0.2, 0.25) is 0 Å². The topological polar surface area (TPSA) is 48.2 Å². The third kappa shape index (κ3) is 2.80. The van der Waals surface area contributed by atoms with E-state index in [9.17, 15) is 0 Å². The summed E-state index contributed by atoms with van der Waals surface area (Å²) in [5.41, 5.74) is 3.71. The van der Waals surface area contributed by atoms with Crippen LogP contribution >= 0.6 is 11.8 Å². The van der Waals surface area contributed by atoms with Gasteiger partial charge >= 0.3 is 0 Å². The quantitative estimate of drug-likeness (QED) is 0.453. The van der Waals surface area contributed by atoms with Gasteiger partial charge in [-0.1, -0.05) is 12.1 Å². The van der Waals surface area contributed by atoms with Crippen molar-refractivity contribution in [3.8, 4) is 6.07 Å². The third-order valence-electron chi connectivity index (χ3n) is 1.41. The Balaban J connectivity index is 2.76. The van der Waals surface area contributed by atoms with Gasteiger partial charge in [0.05, 0.1) is 5.69 Å². The molecule has 1 rings (SSSR count). The van der Waals surface area contributed by atoms with Gasteiger partial charge in [0.25, 0.3) is 0 Å². The molecule has 0 saturated carbocycles. The molecule has 0 spiro atoms. The van der Waals surface area contributed by atoms with E-state index >= 15 is 0 Å². The minimum absolute atomic E-state index is 0.918. The Hall–Kier alpha value is -1.47. The number of nitriles is 1. The Labute approximate surface area is 81.5 Å². The molecule has 3 nitrogen and oxygen atoms in total. The van der Waals surface area contributed by atoms with Crippen molar-refractivity contribution in [2.24, 2.45) is 5.10 Å². The van der Waals surface area contributed by atoms with E-state index in [0.29, 0.717) is 0 Å². The molecule has 0 unspecified atom stereocenters. The number of hydrogen-bond acceptors (Lipinski definition) is 4. The fourth-order valence-corrected chi connectivity index (χ4v) is 1.42. The maximum atomic E-state index is 8.23. The number of anilines is 1. The summed E-state index contributed by atoms with van der Waals surface area (Å²) in [5.74, 6) is 0. The number of hydrogen-bond donors (Lipinski definition) is 1. The van der Waals surface area contributed by atoms with Crippen molar-refractivity contribution in [2.75, 3.05) is 11.7 Å². The zero-order valence-electron chi connectivity index (χ0n) is 7.19. The van der Waals surface area contributed by atoms with Crippen molar-refractivity contribution in [1.82, 2.24) is 0 Å². The molecule has 0 aliphatic rings. The van der Waals surface area contributed by atoms with Gasteiger partial charge in [-0.15, -0.1) is 11.8 Å². The molecule has 4 heteroatoms. The molecule has 0 aromatic heterocycles. The Morgan fingerprint density at radius 2 is 2.31 bits per heavy atom. The summed E-state index contributed by atoms with van der Waals surface area (Å²) in [6.07, 6.45) is 3.16. The summed E-state index contributed by atoms with van der Waals surface area (Å²) in [7, 11) is 0. The Morgan fingerprint density at radius 3 is 3.00 bits per heavy atom. The van der Waals surface area contributed by atoms with Crippen molar-refractivity contribution in [1.29, 1.82) is 5.26 Å². The average molecular weight is 191 g/mol. The van der Waals surface area contributed by atoms with Crippen molar-refractivity contribution in [2.45, 2.75) is 4.90 Å². The molecule has 0 bridgehead atoms. The average Bonchev–Trinajstić information content (AvgIpc) is 2.19. The largest absolute Gasteiger partial charge is 0.277 e. The van der Waals surface area contributed by atoms with Crippen LogP contribution in [0.4, 0.5) is 5.69 Å². The summed E-state index contributed by atoms with van der Waals surface area (Å²) >= 11 is 1.63. The van der Waals surface area contributed by atoms with E-state index in [-0.39, 0.29) is 0 Å². The van der Waals surface area contributed by atoms with Crippen LogP contribution in [0.3, 0.4) is 0 Å². The predicted molar refractivity (Wildman–Crippen MR) is 56.0 cm³/mol. The first kappa shape index (κ1) is 9.62. The lowest BCUT2D eigenvalue weighted by molar-refractivity contribution is 1.29. The number of nitrogens with one attached hydrogen (secondary N) is 1. The maximum Gasteiger partial charge on any atom is 0.124 e. The maximum absolute atomic E-state index is 8.23. The Kier molecular flexibility index (Phi) is 3.86. The molecule has 0 atom stereocenters. The molecule has 0 fully saturated rings. The van der Waals surface area contributed by atoms with Crippen LogP contribution in [0, 0.1) is 11.3 Å². The summed E-state index contributed by atoms with van der Waals surface area (Å²) in [6, 6.07) is 9.61. The molecule has 1 aromatic carbocycles. The summed E-state index contributed by atoms with van der Waals surface area (Å²) in [4.78, 5) is 1.11. The van der Waals surface area contributed by atoms with Gasteiger partial charge in [0.1, 0.15) is 12.3 Å². The molecule has 0 aliphatic heterocycles. The number of para-hydroxylation sites is 1. The molecular weight excluding hydrogens is 182 g/mol. The lowest BCUT2D eigenvalue weighted by Gasteiger charge is -2.04. The van der Waals surface area contributed by atoms with Crippen LogP contribution < -0.4 is 5.43 Å². The van der Waals surface area contributed by atoms with E-state index < -0.39 is 0 Å². The van der Waals surface area contributed by atoms with Gasteiger partial charge < -0.3 is 0 Å². The van der Waals surface area contributed by atoms with Gasteiger partial charge in [-0.25, -0.2) is 0 Å². The van der Waals surface area contributed by atoms with Gasteiger partial charge in [0.2, 0.25) is 0 Å². The molecular formula is C9H9N3S. The van der Waals surface area contributed by atoms with Crippen LogP contribution in [0.5, 0.6) is 0 Å². The molecule has 0 saturated heterocycles. The molecule has 0 radical (unpaired) electrons. The highest BCUT2D eigenvalue weighted by molar-refractivity contribution is 7.98. The second kappa shape index (κ2) is 5.22. The van der Waals surface area contributed by atoms with Gasteiger partial charge in [-0.05, 0) is 18.4 Å². The van der Waals surface area contributed by atoms with Crippen molar-refractivity contribution >= 4 is 23.7 Å². The fourth-order valence-electron chi connectivity index (χ4n) is 0.868. The monoisotopic (exact) mass is 191 g/mol. The minimum Gasteiger partial charge on any atom is -0.277 e. The lowest BCUT2D eigenvalue weighted by atomic mass is 10.3. The van der Waals surface area contributed by atoms with Gasteiger partial charge in [-0.2, -0.15) is 10.4 Å². The lowest BCUT2D eigenvalue weighted by Crippen LogP contribution is -1.89. The van der Waals surface area contributed by atoms with Gasteiger partial charge in [-0.3, -0.25) is 5.43 Å². The fraction of sp³-hybridized carbons (Fsp3) is 0.111. The second-order valence-corrected chi connectivity index (χ2v) is 3.05. The molecule has 66 valence electrons. The number of thioether (sulfide) groups is 1. The van der Waals surface area contributed by atoms with Crippen LogP contribution in [-0.4, -0.2) is 12.5 Å². The molecule has 1 N–H and O–H groups in total. The zero-order valence-corrected chi connectivity index (χ0v) is 8.01. The highest BCUT2D eigenvalue weighted by Crippen LogP contribution is 2.24. The predicted octanol–water partition coefficient (Wildman–Crippen LogP) is 2.33. The van der Waals surface area contributed by atoms with E-state index in [2.05, 4.69) is 10.5 Å². The zero-order chi connectivity index (χ0) is 9.52. The first-order chi connectivity index (χ1) is 6.38. The third-order valence-corrected chi connectivity index (χ3v) is 2.21. The van der Waals surface area contributed by atoms with Crippen LogP contribution in [0.1, 0.15) is 0 Å². The smallest absolute Gasteiger partial charge is 0.124 e. The highest BCUT2D eigenvalue weighted by atomic mass is 32.2. The Morgan fingerprint density at radius 1 is 1.54 bits per heavy atom. The molecule has 0 heterocycles. The van der Waals surface area contributed by atoms with Crippen LogP contribution in [0.15, 0.2) is 34.3 Å². The number of hydrazone groups is 1. The Bertz CT molecular complexity index is 341. The first-order valence-electron chi connectivity index (χ1n) is 3.68. The molecule has 0 amide bonds. The number of benzene rings is 1. The molecule has 0 aliphatic carbocycles. The standard InChI is InChI=1S/C9H9N3S/c1-13-9-5-3-2-4-8(9)12-11-7-6-10/h2-5,7,12H,1H3/b11-7+. The normalized spacial score (nSPS) is 9.85. The van der Waals surface area contributed by atoms with Crippen LogP contribution in [0.25, 0.3) is 0 Å². The SMILES string of the molecule is CSc1ccccc1N/N=C/C#N. The molecule has 13 heavy (non-hydrogen) atoms. The van der Waals surface area contributed by atoms with Crippen LogP contribution in [-0.2, 0) is 0 Å². The van der Waals surface area contributed by atoms with Crippen molar-refractivity contribution in [3.05, 3.63) is 24.3 Å². The summed E-state index contributed by atoms with van der Waals surface area (Å²) < 4.78 is 0. The van der Waals surface area contributed by atoms with Gasteiger partial charge in [0.15, 0.2) is 0 Å². The van der Waals surface area contributed by atoms with E-state index in [4.69, 9.17) is 5.26 Å². The van der Waals surface area contributed by atoms with E-state index in [1.54, 1.807) is 11.8 Å². The van der Waals surface area contributed by atoms with E-state index in [0.717, 1.165) is 16.8 Å². The first-order valence-corrected chi connectivity index (χ1v) is 4.91. The number of nitrogens with zero attached hydrogens (tertiary/aromatic N) is 2. The second-order valence-electron chi connectivity index (χ2n) is 2.20. The number of rotatable bonds is 3.